The van der Waals surface area contributed by atoms with Gasteiger partial charge in [0.1, 0.15) is 12.4 Å². The van der Waals surface area contributed by atoms with Gasteiger partial charge >= 0.3 is 0 Å². The molecule has 0 saturated carbocycles. The summed E-state index contributed by atoms with van der Waals surface area (Å²) in [7, 11) is 0. The lowest BCUT2D eigenvalue weighted by Crippen LogP contribution is -1.97. The quantitative estimate of drug-likeness (QED) is 0.328. The number of allylic oxidation sites excluding steroid dienone is 1. The molecule has 0 bridgehead atoms. The van der Waals surface area contributed by atoms with Crippen molar-refractivity contribution < 1.29 is 9.53 Å². The minimum absolute atomic E-state index is 0.0271. The topological polar surface area (TPSA) is 26.3 Å². The standard InChI is InChI=1S/C22H16BrClO2/c23-19-14-16(10-12-21(25)17-6-2-1-3-7-17)11-13-22(19)26-15-18-8-4-5-9-20(18)24/h1-14H,15H2/b12-10+. The molecule has 0 radical (unpaired) electrons. The molecule has 3 aromatic rings. The van der Waals surface area contributed by atoms with Crippen LogP contribution in [-0.2, 0) is 6.61 Å². The lowest BCUT2D eigenvalue weighted by Gasteiger charge is -2.10. The summed E-state index contributed by atoms with van der Waals surface area (Å²) >= 11 is 9.66. The molecule has 0 amide bonds. The van der Waals surface area contributed by atoms with Crippen LogP contribution in [0, 0.1) is 0 Å². The Morgan fingerprint density at radius 1 is 1.00 bits per heavy atom. The maximum Gasteiger partial charge on any atom is 0.185 e. The van der Waals surface area contributed by atoms with Crippen molar-refractivity contribution in [2.75, 3.05) is 0 Å². The summed E-state index contributed by atoms with van der Waals surface area (Å²) in [6.07, 6.45) is 3.36. The maximum absolute atomic E-state index is 12.1. The third-order valence-corrected chi connectivity index (χ3v) is 4.77. The number of benzene rings is 3. The summed E-state index contributed by atoms with van der Waals surface area (Å²) in [5.41, 5.74) is 2.51. The average Bonchev–Trinajstić information content (AvgIpc) is 2.67. The van der Waals surface area contributed by atoms with Crippen LogP contribution in [0.4, 0.5) is 0 Å². The molecule has 4 heteroatoms. The van der Waals surface area contributed by atoms with Crippen molar-refractivity contribution in [2.45, 2.75) is 6.61 Å². The van der Waals surface area contributed by atoms with Crippen molar-refractivity contribution in [1.82, 2.24) is 0 Å². The average molecular weight is 428 g/mol. The molecular weight excluding hydrogens is 412 g/mol. The van der Waals surface area contributed by atoms with Gasteiger partial charge in [0.15, 0.2) is 5.78 Å². The van der Waals surface area contributed by atoms with Gasteiger partial charge in [0.05, 0.1) is 4.47 Å². The monoisotopic (exact) mass is 426 g/mol. The highest BCUT2D eigenvalue weighted by atomic mass is 79.9. The van der Waals surface area contributed by atoms with Crippen LogP contribution in [0.5, 0.6) is 5.75 Å². The molecule has 0 heterocycles. The SMILES string of the molecule is O=C(/C=C/c1ccc(OCc2ccccc2Cl)c(Br)c1)c1ccccc1. The Hall–Kier alpha value is -2.36. The van der Waals surface area contributed by atoms with Gasteiger partial charge in [-0.25, -0.2) is 0 Å². The third-order valence-electron chi connectivity index (χ3n) is 3.78. The Kier molecular flexibility index (Phi) is 6.26. The van der Waals surface area contributed by atoms with Gasteiger partial charge in [0.2, 0.25) is 0 Å². The van der Waals surface area contributed by atoms with E-state index in [1.165, 1.54) is 0 Å². The Morgan fingerprint density at radius 2 is 1.73 bits per heavy atom. The zero-order chi connectivity index (χ0) is 18.4. The van der Waals surface area contributed by atoms with Crippen molar-refractivity contribution in [2.24, 2.45) is 0 Å². The second-order valence-corrected chi connectivity index (χ2v) is 6.90. The third kappa shape index (κ3) is 4.84. The van der Waals surface area contributed by atoms with Crippen molar-refractivity contribution >= 4 is 39.4 Å². The molecule has 3 aromatic carbocycles. The zero-order valence-electron chi connectivity index (χ0n) is 13.9. The number of rotatable bonds is 6. The van der Waals surface area contributed by atoms with E-state index in [0.29, 0.717) is 17.2 Å². The molecule has 0 aliphatic heterocycles. The van der Waals surface area contributed by atoms with Gasteiger partial charge < -0.3 is 4.74 Å². The highest BCUT2D eigenvalue weighted by Crippen LogP contribution is 2.28. The van der Waals surface area contributed by atoms with E-state index < -0.39 is 0 Å². The summed E-state index contributed by atoms with van der Waals surface area (Å²) in [4.78, 5) is 12.1. The minimum Gasteiger partial charge on any atom is -0.488 e. The van der Waals surface area contributed by atoms with E-state index in [2.05, 4.69) is 15.9 Å². The highest BCUT2D eigenvalue weighted by Gasteiger charge is 2.05. The van der Waals surface area contributed by atoms with Crippen molar-refractivity contribution in [3.8, 4) is 5.75 Å². The summed E-state index contributed by atoms with van der Waals surface area (Å²) < 4.78 is 6.65. The lowest BCUT2D eigenvalue weighted by molar-refractivity contribution is 0.104. The summed E-state index contributed by atoms with van der Waals surface area (Å²) in [6.45, 7) is 0.389. The van der Waals surface area contributed by atoms with E-state index in [4.69, 9.17) is 16.3 Å². The van der Waals surface area contributed by atoms with Crippen LogP contribution in [0.25, 0.3) is 6.08 Å². The first kappa shape index (κ1) is 18.4. The first-order valence-electron chi connectivity index (χ1n) is 8.07. The van der Waals surface area contributed by atoms with Crippen LogP contribution in [0.3, 0.4) is 0 Å². The molecule has 0 unspecified atom stereocenters. The minimum atomic E-state index is -0.0271. The number of halogens is 2. The van der Waals surface area contributed by atoms with Gasteiger partial charge in [-0.05, 0) is 45.8 Å². The molecule has 26 heavy (non-hydrogen) atoms. The lowest BCUT2D eigenvalue weighted by atomic mass is 10.1. The second-order valence-electron chi connectivity index (χ2n) is 5.63. The fourth-order valence-electron chi connectivity index (χ4n) is 2.38. The van der Waals surface area contributed by atoms with Gasteiger partial charge in [0.25, 0.3) is 0 Å². The van der Waals surface area contributed by atoms with Crippen LogP contribution < -0.4 is 4.74 Å². The van der Waals surface area contributed by atoms with Crippen molar-refractivity contribution in [3.05, 3.63) is 105 Å². The molecule has 0 N–H and O–H groups in total. The van der Waals surface area contributed by atoms with Crippen LogP contribution in [-0.4, -0.2) is 5.78 Å². The molecule has 0 saturated heterocycles. The normalized spacial score (nSPS) is 10.8. The summed E-state index contributed by atoms with van der Waals surface area (Å²) in [5, 5.41) is 0.683. The molecule has 2 nitrogen and oxygen atoms in total. The molecule has 0 atom stereocenters. The number of carbonyl (C=O) groups excluding carboxylic acids is 1. The molecule has 0 aromatic heterocycles. The highest BCUT2D eigenvalue weighted by molar-refractivity contribution is 9.10. The van der Waals surface area contributed by atoms with Gasteiger partial charge in [-0.15, -0.1) is 0 Å². The van der Waals surface area contributed by atoms with Crippen molar-refractivity contribution in [3.63, 3.8) is 0 Å². The molecule has 3 rings (SSSR count). The molecule has 0 aliphatic carbocycles. The predicted octanol–water partition coefficient (Wildman–Crippen LogP) is 6.58. The van der Waals surface area contributed by atoms with Crippen LogP contribution in [0.2, 0.25) is 5.02 Å². The van der Waals surface area contributed by atoms with E-state index in [9.17, 15) is 4.79 Å². The number of carbonyl (C=O) groups is 1. The first-order chi connectivity index (χ1) is 12.6. The summed E-state index contributed by atoms with van der Waals surface area (Å²) in [5.74, 6) is 0.692. The Labute approximate surface area is 166 Å². The van der Waals surface area contributed by atoms with Crippen LogP contribution >= 0.6 is 27.5 Å². The van der Waals surface area contributed by atoms with Gasteiger partial charge in [0, 0.05) is 16.1 Å². The smallest absolute Gasteiger partial charge is 0.185 e. The number of hydrogen-bond acceptors (Lipinski definition) is 2. The molecule has 0 aliphatic rings. The van der Waals surface area contributed by atoms with E-state index in [0.717, 1.165) is 21.3 Å². The number of hydrogen-bond donors (Lipinski definition) is 0. The van der Waals surface area contributed by atoms with E-state index in [1.807, 2.05) is 60.7 Å². The zero-order valence-corrected chi connectivity index (χ0v) is 16.2. The van der Waals surface area contributed by atoms with Gasteiger partial charge in [-0.3, -0.25) is 4.79 Å². The number of ketones is 1. The fraction of sp³-hybridized carbons (Fsp3) is 0.0455. The van der Waals surface area contributed by atoms with E-state index in [1.54, 1.807) is 24.3 Å². The number of ether oxygens (including phenoxy) is 1. The molecule has 0 fully saturated rings. The second kappa shape index (κ2) is 8.84. The largest absolute Gasteiger partial charge is 0.488 e. The fourth-order valence-corrected chi connectivity index (χ4v) is 3.08. The Balaban J connectivity index is 1.66. The summed E-state index contributed by atoms with van der Waals surface area (Å²) in [6, 6.07) is 22.5. The molecule has 130 valence electrons. The molecule has 0 spiro atoms. The Morgan fingerprint density at radius 3 is 2.46 bits per heavy atom. The maximum atomic E-state index is 12.1. The Bertz CT molecular complexity index is 936. The van der Waals surface area contributed by atoms with Gasteiger partial charge in [-0.2, -0.15) is 0 Å². The van der Waals surface area contributed by atoms with Crippen LogP contribution in [0.1, 0.15) is 21.5 Å². The van der Waals surface area contributed by atoms with Crippen LogP contribution in [0.15, 0.2) is 83.3 Å². The predicted molar refractivity (Wildman–Crippen MR) is 110 cm³/mol. The van der Waals surface area contributed by atoms with Gasteiger partial charge in [-0.1, -0.05) is 72.3 Å². The van der Waals surface area contributed by atoms with Crippen molar-refractivity contribution in [1.29, 1.82) is 0 Å². The van der Waals surface area contributed by atoms with E-state index in [-0.39, 0.29) is 5.78 Å². The first-order valence-corrected chi connectivity index (χ1v) is 9.24. The molecular formula is C22H16BrClO2. The van der Waals surface area contributed by atoms with E-state index >= 15 is 0 Å².